The van der Waals surface area contributed by atoms with Gasteiger partial charge in [0.25, 0.3) is 0 Å². The Morgan fingerprint density at radius 3 is 3.06 bits per heavy atom. The van der Waals surface area contributed by atoms with E-state index in [-0.39, 0.29) is 10.8 Å². The van der Waals surface area contributed by atoms with Gasteiger partial charge in [-0.2, -0.15) is 16.9 Å². The number of nitrogens with two attached hydrogens (primary N) is 1. The van der Waals surface area contributed by atoms with Crippen molar-refractivity contribution in [3.8, 4) is 0 Å². The van der Waals surface area contributed by atoms with Gasteiger partial charge in [-0.15, -0.1) is 0 Å². The Hall–Kier alpha value is -0.0000000000000000555. The van der Waals surface area contributed by atoms with Gasteiger partial charge in [-0.3, -0.25) is 4.68 Å². The summed E-state index contributed by atoms with van der Waals surface area (Å²) in [5.74, 6) is 1.22. The highest BCUT2D eigenvalue weighted by molar-refractivity contribution is 9.10. The average Bonchev–Trinajstić information content (AvgIpc) is 2.85. The van der Waals surface area contributed by atoms with Crippen molar-refractivity contribution in [3.63, 3.8) is 0 Å². The lowest BCUT2D eigenvalue weighted by atomic mass is 9.94. The minimum atomic E-state index is 0.0526. The van der Waals surface area contributed by atoms with Crippen molar-refractivity contribution in [2.75, 3.05) is 5.75 Å². The van der Waals surface area contributed by atoms with Crippen LogP contribution in [0.15, 0.2) is 10.7 Å². The first-order chi connectivity index (χ1) is 7.58. The predicted molar refractivity (Wildman–Crippen MR) is 72.6 cm³/mol. The highest BCUT2D eigenvalue weighted by Gasteiger charge is 2.38. The molecule has 2 N–H and O–H groups in total. The zero-order valence-corrected chi connectivity index (χ0v) is 12.1. The zero-order valence-electron chi connectivity index (χ0n) is 9.74. The second-order valence-electron chi connectivity index (χ2n) is 4.44. The minimum absolute atomic E-state index is 0.0526. The maximum Gasteiger partial charge on any atom is 0.0707 e. The molecule has 3 nitrogen and oxygen atoms in total. The third-order valence-corrected chi connectivity index (χ3v) is 5.56. The molecule has 0 radical (unpaired) electrons. The smallest absolute Gasteiger partial charge is 0.0707 e. The third-order valence-electron chi connectivity index (χ3n) is 3.33. The molecule has 1 aromatic rings. The molecule has 2 unspecified atom stereocenters. The first kappa shape index (κ1) is 12.5. The molecule has 1 aromatic heterocycles. The minimum Gasteiger partial charge on any atom is -0.321 e. The lowest BCUT2D eigenvalue weighted by Crippen LogP contribution is -2.35. The van der Waals surface area contributed by atoms with Gasteiger partial charge < -0.3 is 5.73 Å². The summed E-state index contributed by atoms with van der Waals surface area (Å²) in [5.41, 5.74) is 7.58. The Kier molecular flexibility index (Phi) is 3.66. The molecule has 0 aliphatic carbocycles. The number of hydrogen-bond acceptors (Lipinski definition) is 3. The third kappa shape index (κ3) is 2.05. The molecule has 0 spiro atoms. The van der Waals surface area contributed by atoms with Gasteiger partial charge in [-0.05, 0) is 48.4 Å². The van der Waals surface area contributed by atoms with Crippen molar-refractivity contribution in [2.24, 2.45) is 5.73 Å². The van der Waals surface area contributed by atoms with Gasteiger partial charge in [-0.1, -0.05) is 0 Å². The first-order valence-electron chi connectivity index (χ1n) is 5.69. The van der Waals surface area contributed by atoms with Crippen LogP contribution in [0.3, 0.4) is 0 Å². The number of thioether (sulfide) groups is 1. The monoisotopic (exact) mass is 303 g/mol. The van der Waals surface area contributed by atoms with E-state index in [9.17, 15) is 0 Å². The van der Waals surface area contributed by atoms with Crippen LogP contribution in [0.5, 0.6) is 0 Å². The van der Waals surface area contributed by atoms with Crippen LogP contribution in [0.1, 0.15) is 38.4 Å². The van der Waals surface area contributed by atoms with Gasteiger partial charge in [0.05, 0.1) is 22.4 Å². The van der Waals surface area contributed by atoms with E-state index < -0.39 is 0 Å². The highest BCUT2D eigenvalue weighted by Crippen LogP contribution is 2.46. The lowest BCUT2D eigenvalue weighted by molar-refractivity contribution is 0.461. The van der Waals surface area contributed by atoms with Gasteiger partial charge in [0, 0.05) is 11.3 Å². The second kappa shape index (κ2) is 4.70. The van der Waals surface area contributed by atoms with E-state index in [2.05, 4.69) is 34.9 Å². The molecule has 0 amide bonds. The Morgan fingerprint density at radius 2 is 2.50 bits per heavy atom. The van der Waals surface area contributed by atoms with Gasteiger partial charge in [0.2, 0.25) is 0 Å². The van der Waals surface area contributed by atoms with Crippen LogP contribution in [0, 0.1) is 0 Å². The second-order valence-corrected chi connectivity index (χ2v) is 6.92. The van der Waals surface area contributed by atoms with Gasteiger partial charge >= 0.3 is 0 Å². The summed E-state index contributed by atoms with van der Waals surface area (Å²) in [6.07, 6.45) is 4.31. The van der Waals surface area contributed by atoms with Gasteiger partial charge in [0.1, 0.15) is 0 Å². The van der Waals surface area contributed by atoms with Crippen LogP contribution in [0.4, 0.5) is 0 Å². The lowest BCUT2D eigenvalue weighted by Gasteiger charge is -2.30. The molecule has 1 aliphatic rings. The summed E-state index contributed by atoms with van der Waals surface area (Å²) in [6, 6.07) is 0.0526. The summed E-state index contributed by atoms with van der Waals surface area (Å²) in [4.78, 5) is 0. The van der Waals surface area contributed by atoms with Crippen LogP contribution >= 0.6 is 27.7 Å². The molecule has 16 heavy (non-hydrogen) atoms. The summed E-state index contributed by atoms with van der Waals surface area (Å²) in [6.45, 7) is 5.24. The summed E-state index contributed by atoms with van der Waals surface area (Å²) < 4.78 is 3.20. The van der Waals surface area contributed by atoms with Gasteiger partial charge in [0.15, 0.2) is 0 Å². The quantitative estimate of drug-likeness (QED) is 0.933. The fourth-order valence-corrected chi connectivity index (χ4v) is 4.15. The van der Waals surface area contributed by atoms with Crippen molar-refractivity contribution < 1.29 is 0 Å². The molecule has 0 aromatic carbocycles. The topological polar surface area (TPSA) is 43.8 Å². The SMILES string of the molecule is CCn1ncc(Br)c1C(N)C1(C)CCCS1. The number of halogens is 1. The number of aryl methyl sites for hydroxylation is 1. The van der Waals surface area contributed by atoms with E-state index in [1.807, 2.05) is 22.6 Å². The van der Waals surface area contributed by atoms with Crippen molar-refractivity contribution in [2.45, 2.75) is 44.0 Å². The molecule has 5 heteroatoms. The Balaban J connectivity index is 2.32. The van der Waals surface area contributed by atoms with Gasteiger partial charge in [-0.25, -0.2) is 0 Å². The first-order valence-corrected chi connectivity index (χ1v) is 7.47. The van der Waals surface area contributed by atoms with Crippen LogP contribution in [0.25, 0.3) is 0 Å². The fraction of sp³-hybridized carbons (Fsp3) is 0.727. The van der Waals surface area contributed by atoms with E-state index >= 15 is 0 Å². The number of hydrogen-bond donors (Lipinski definition) is 1. The summed E-state index contributed by atoms with van der Waals surface area (Å²) in [7, 11) is 0. The normalized spacial score (nSPS) is 27.2. The summed E-state index contributed by atoms with van der Waals surface area (Å²) >= 11 is 5.55. The van der Waals surface area contributed by atoms with E-state index in [0.717, 1.165) is 16.7 Å². The Bertz CT molecular complexity index is 371. The molecular weight excluding hydrogens is 286 g/mol. The van der Waals surface area contributed by atoms with E-state index in [4.69, 9.17) is 5.73 Å². The number of aromatic nitrogens is 2. The molecule has 1 aliphatic heterocycles. The van der Waals surface area contributed by atoms with Crippen LogP contribution in [0.2, 0.25) is 0 Å². The maximum absolute atomic E-state index is 6.44. The van der Waals surface area contributed by atoms with Crippen molar-refractivity contribution >= 4 is 27.7 Å². The molecule has 0 saturated carbocycles. The molecule has 90 valence electrons. The van der Waals surface area contributed by atoms with E-state index in [1.54, 1.807) is 0 Å². The molecule has 2 heterocycles. The molecule has 0 bridgehead atoms. The van der Waals surface area contributed by atoms with Crippen molar-refractivity contribution in [1.29, 1.82) is 0 Å². The van der Waals surface area contributed by atoms with E-state index in [0.29, 0.717) is 0 Å². The van der Waals surface area contributed by atoms with Crippen LogP contribution in [-0.2, 0) is 6.54 Å². The van der Waals surface area contributed by atoms with Crippen molar-refractivity contribution in [1.82, 2.24) is 9.78 Å². The summed E-state index contributed by atoms with van der Waals surface area (Å²) in [5, 5.41) is 4.34. The van der Waals surface area contributed by atoms with Crippen LogP contribution < -0.4 is 5.73 Å². The Labute approximate surface area is 109 Å². The fourth-order valence-electron chi connectivity index (χ4n) is 2.27. The van der Waals surface area contributed by atoms with E-state index in [1.165, 1.54) is 18.6 Å². The standard InChI is InChI=1S/C11H18BrN3S/c1-3-15-9(8(12)7-14-15)10(13)11(2)5-4-6-16-11/h7,10H,3-6,13H2,1-2H3. The number of rotatable bonds is 3. The predicted octanol–water partition coefficient (Wildman–Crippen LogP) is 2.95. The highest BCUT2D eigenvalue weighted by atomic mass is 79.9. The molecule has 2 rings (SSSR count). The average molecular weight is 304 g/mol. The largest absolute Gasteiger partial charge is 0.321 e. The molecular formula is C11H18BrN3S. The molecule has 1 saturated heterocycles. The molecule has 1 fully saturated rings. The Morgan fingerprint density at radius 1 is 1.75 bits per heavy atom. The van der Waals surface area contributed by atoms with Crippen molar-refractivity contribution in [3.05, 3.63) is 16.4 Å². The number of nitrogens with zero attached hydrogens (tertiary/aromatic N) is 2. The maximum atomic E-state index is 6.44. The van der Waals surface area contributed by atoms with Crippen LogP contribution in [-0.4, -0.2) is 20.3 Å². The zero-order chi connectivity index (χ0) is 11.8. The molecule has 2 atom stereocenters.